The Labute approximate surface area is 173 Å². The number of aromatic nitrogens is 3. The molecule has 0 saturated heterocycles. The number of ether oxygens (including phenoxy) is 1. The van der Waals surface area contributed by atoms with Crippen LogP contribution in [0.2, 0.25) is 5.02 Å². The summed E-state index contributed by atoms with van der Waals surface area (Å²) in [5, 5.41) is 12.4. The number of benzene rings is 3. The predicted molar refractivity (Wildman–Crippen MR) is 114 cm³/mol. The molecule has 0 bridgehead atoms. The summed E-state index contributed by atoms with van der Waals surface area (Å²) >= 11 is 6.20. The highest BCUT2D eigenvalue weighted by Crippen LogP contribution is 2.27. The van der Waals surface area contributed by atoms with Crippen LogP contribution in [-0.2, 0) is 0 Å². The molecule has 1 aromatic heterocycles. The highest BCUT2D eigenvalue weighted by Gasteiger charge is 2.11. The number of nitrogens with one attached hydrogen (secondary N) is 1. The maximum absolute atomic E-state index is 12.6. The van der Waals surface area contributed by atoms with E-state index < -0.39 is 0 Å². The largest absolute Gasteiger partial charge is 0.495 e. The molecule has 3 aromatic carbocycles. The van der Waals surface area contributed by atoms with Crippen LogP contribution in [0.1, 0.15) is 21.5 Å². The van der Waals surface area contributed by atoms with E-state index >= 15 is 0 Å². The molecule has 0 saturated carbocycles. The lowest BCUT2D eigenvalue weighted by molar-refractivity contribution is 0.102. The highest BCUT2D eigenvalue weighted by atomic mass is 35.5. The first-order chi connectivity index (χ1) is 13.9. The molecule has 0 fully saturated rings. The van der Waals surface area contributed by atoms with Crippen molar-refractivity contribution in [1.82, 2.24) is 15.0 Å². The predicted octanol–water partition coefficient (Wildman–Crippen LogP) is 4.95. The summed E-state index contributed by atoms with van der Waals surface area (Å²) in [6.45, 7) is 4.01. The maximum Gasteiger partial charge on any atom is 0.255 e. The third-order valence-electron chi connectivity index (χ3n) is 4.77. The molecule has 0 unspecified atom stereocenters. The standard InChI is InChI=1S/C22H19ClN4O2/c1-13-4-5-15(10-14(13)2)22(28)24-16-6-8-19-20(11-16)26-27(25-19)17-7-9-21(29-3)18(23)12-17/h4-12H,1-3H3,(H,24,28). The molecular formula is C22H19ClN4O2. The summed E-state index contributed by atoms with van der Waals surface area (Å²) in [4.78, 5) is 14.1. The monoisotopic (exact) mass is 406 g/mol. The summed E-state index contributed by atoms with van der Waals surface area (Å²) < 4.78 is 5.18. The summed E-state index contributed by atoms with van der Waals surface area (Å²) in [6, 6.07) is 16.4. The SMILES string of the molecule is COc1ccc(-n2nc3ccc(NC(=O)c4ccc(C)c(C)c4)cc3n2)cc1Cl. The smallest absolute Gasteiger partial charge is 0.255 e. The molecule has 0 spiro atoms. The number of halogens is 1. The van der Waals surface area contributed by atoms with Gasteiger partial charge in [-0.15, -0.1) is 10.2 Å². The topological polar surface area (TPSA) is 69.0 Å². The lowest BCUT2D eigenvalue weighted by Gasteiger charge is -2.07. The molecule has 146 valence electrons. The fraction of sp³-hybridized carbons (Fsp3) is 0.136. The molecule has 6 nitrogen and oxygen atoms in total. The number of aryl methyl sites for hydroxylation is 2. The van der Waals surface area contributed by atoms with Crippen molar-refractivity contribution in [2.75, 3.05) is 12.4 Å². The summed E-state index contributed by atoms with van der Waals surface area (Å²) in [6.07, 6.45) is 0. The number of methoxy groups -OCH3 is 1. The molecule has 1 amide bonds. The Morgan fingerprint density at radius 2 is 1.76 bits per heavy atom. The number of hydrogen-bond acceptors (Lipinski definition) is 4. The van der Waals surface area contributed by atoms with E-state index in [2.05, 4.69) is 15.5 Å². The van der Waals surface area contributed by atoms with E-state index in [0.29, 0.717) is 38.7 Å². The summed E-state index contributed by atoms with van der Waals surface area (Å²) in [5.41, 5.74) is 5.58. The number of anilines is 1. The second-order valence-corrected chi connectivity index (χ2v) is 7.17. The first-order valence-electron chi connectivity index (χ1n) is 9.04. The van der Waals surface area contributed by atoms with Gasteiger partial charge in [-0.25, -0.2) is 0 Å². The molecule has 0 atom stereocenters. The molecule has 1 N–H and O–H groups in total. The molecule has 1 heterocycles. The van der Waals surface area contributed by atoms with E-state index in [1.54, 1.807) is 31.4 Å². The lowest BCUT2D eigenvalue weighted by Crippen LogP contribution is -2.12. The van der Waals surface area contributed by atoms with Gasteiger partial charge in [0, 0.05) is 11.3 Å². The van der Waals surface area contributed by atoms with Gasteiger partial charge in [0.1, 0.15) is 16.8 Å². The average Bonchev–Trinajstić information content (AvgIpc) is 3.13. The molecule has 0 aliphatic heterocycles. The number of amides is 1. The molecule has 7 heteroatoms. The number of nitrogens with zero attached hydrogens (tertiary/aromatic N) is 3. The van der Waals surface area contributed by atoms with Gasteiger partial charge in [0.2, 0.25) is 0 Å². The van der Waals surface area contributed by atoms with Crippen molar-refractivity contribution in [3.63, 3.8) is 0 Å². The van der Waals surface area contributed by atoms with E-state index in [1.165, 1.54) is 4.80 Å². The van der Waals surface area contributed by atoms with Crippen LogP contribution in [0.3, 0.4) is 0 Å². The fourth-order valence-electron chi connectivity index (χ4n) is 2.97. The molecule has 4 rings (SSSR count). The quantitative estimate of drug-likeness (QED) is 0.520. The Balaban J connectivity index is 1.60. The van der Waals surface area contributed by atoms with Crippen LogP contribution in [0.4, 0.5) is 5.69 Å². The third-order valence-corrected chi connectivity index (χ3v) is 5.07. The van der Waals surface area contributed by atoms with E-state index in [4.69, 9.17) is 16.3 Å². The van der Waals surface area contributed by atoms with Crippen molar-refractivity contribution >= 4 is 34.2 Å². The van der Waals surface area contributed by atoms with Crippen LogP contribution in [0.25, 0.3) is 16.7 Å². The van der Waals surface area contributed by atoms with Gasteiger partial charge in [-0.05, 0) is 73.5 Å². The Morgan fingerprint density at radius 1 is 0.966 bits per heavy atom. The van der Waals surface area contributed by atoms with Crippen molar-refractivity contribution < 1.29 is 9.53 Å². The Kier molecular flexibility index (Phi) is 4.94. The van der Waals surface area contributed by atoms with Crippen LogP contribution >= 0.6 is 11.6 Å². The van der Waals surface area contributed by atoms with Gasteiger partial charge < -0.3 is 10.1 Å². The first-order valence-corrected chi connectivity index (χ1v) is 9.42. The summed E-state index contributed by atoms with van der Waals surface area (Å²) in [5.74, 6) is 0.422. The van der Waals surface area contributed by atoms with Gasteiger partial charge in [0.25, 0.3) is 5.91 Å². The molecule has 0 aliphatic carbocycles. The van der Waals surface area contributed by atoms with Crippen LogP contribution in [0.5, 0.6) is 5.75 Å². The van der Waals surface area contributed by atoms with Gasteiger partial charge >= 0.3 is 0 Å². The Morgan fingerprint density at radius 3 is 2.48 bits per heavy atom. The van der Waals surface area contributed by atoms with Gasteiger partial charge in [0.05, 0.1) is 17.8 Å². The van der Waals surface area contributed by atoms with Crippen LogP contribution in [0, 0.1) is 13.8 Å². The van der Waals surface area contributed by atoms with Crippen LogP contribution in [-0.4, -0.2) is 28.0 Å². The number of rotatable bonds is 4. The minimum absolute atomic E-state index is 0.165. The van der Waals surface area contributed by atoms with E-state index in [0.717, 1.165) is 11.1 Å². The zero-order chi connectivity index (χ0) is 20.5. The third kappa shape index (κ3) is 3.79. The van der Waals surface area contributed by atoms with Crippen molar-refractivity contribution in [1.29, 1.82) is 0 Å². The van der Waals surface area contributed by atoms with Gasteiger partial charge in [-0.3, -0.25) is 4.79 Å². The normalized spacial score (nSPS) is 10.9. The zero-order valence-corrected chi connectivity index (χ0v) is 17.0. The maximum atomic E-state index is 12.6. The van der Waals surface area contributed by atoms with Crippen molar-refractivity contribution in [2.45, 2.75) is 13.8 Å². The molecule has 0 radical (unpaired) electrons. The fourth-order valence-corrected chi connectivity index (χ4v) is 3.23. The van der Waals surface area contributed by atoms with Crippen LogP contribution in [0.15, 0.2) is 54.6 Å². The van der Waals surface area contributed by atoms with Gasteiger partial charge in [0.15, 0.2) is 0 Å². The average molecular weight is 407 g/mol. The minimum atomic E-state index is -0.165. The second-order valence-electron chi connectivity index (χ2n) is 6.76. The Hall–Kier alpha value is -3.38. The second kappa shape index (κ2) is 7.56. The zero-order valence-electron chi connectivity index (χ0n) is 16.2. The first kappa shape index (κ1) is 19.0. The number of carbonyl (C=O) groups is 1. The van der Waals surface area contributed by atoms with Gasteiger partial charge in [-0.1, -0.05) is 17.7 Å². The molecular weight excluding hydrogens is 388 g/mol. The Bertz CT molecular complexity index is 1230. The summed E-state index contributed by atoms with van der Waals surface area (Å²) in [7, 11) is 1.56. The van der Waals surface area contributed by atoms with Crippen molar-refractivity contribution in [3.8, 4) is 11.4 Å². The molecule has 4 aromatic rings. The highest BCUT2D eigenvalue weighted by molar-refractivity contribution is 6.32. The minimum Gasteiger partial charge on any atom is -0.495 e. The van der Waals surface area contributed by atoms with Crippen molar-refractivity contribution in [3.05, 3.63) is 76.3 Å². The van der Waals surface area contributed by atoms with Gasteiger partial charge in [-0.2, -0.15) is 4.80 Å². The van der Waals surface area contributed by atoms with E-state index in [1.807, 2.05) is 44.2 Å². The number of hydrogen-bond donors (Lipinski definition) is 1. The van der Waals surface area contributed by atoms with Crippen molar-refractivity contribution in [2.24, 2.45) is 0 Å². The number of carbonyl (C=O) groups excluding carboxylic acids is 1. The van der Waals surface area contributed by atoms with E-state index in [9.17, 15) is 4.79 Å². The molecule has 0 aliphatic rings. The van der Waals surface area contributed by atoms with Crippen LogP contribution < -0.4 is 10.1 Å². The molecule has 29 heavy (non-hydrogen) atoms. The lowest BCUT2D eigenvalue weighted by atomic mass is 10.1. The number of fused-ring (bicyclic) bond motifs is 1. The van der Waals surface area contributed by atoms with E-state index in [-0.39, 0.29) is 5.91 Å².